The van der Waals surface area contributed by atoms with Gasteiger partial charge in [0.25, 0.3) is 0 Å². The molecule has 4 nitrogen and oxygen atoms in total. The summed E-state index contributed by atoms with van der Waals surface area (Å²) in [7, 11) is 0. The number of nitrogens with one attached hydrogen (secondary N) is 1. The fourth-order valence-electron chi connectivity index (χ4n) is 3.27. The van der Waals surface area contributed by atoms with E-state index in [1.807, 2.05) is 0 Å². The van der Waals surface area contributed by atoms with Gasteiger partial charge in [-0.05, 0) is 37.9 Å². The van der Waals surface area contributed by atoms with Crippen molar-refractivity contribution < 1.29 is 0 Å². The van der Waals surface area contributed by atoms with Gasteiger partial charge in [-0.15, -0.1) is 0 Å². The molecule has 1 saturated heterocycles. The van der Waals surface area contributed by atoms with Crippen molar-refractivity contribution in [1.82, 2.24) is 14.7 Å². The molecular weight excluding hydrogens is 248 g/mol. The predicted octanol–water partition coefficient (Wildman–Crippen LogP) is 2.68. The van der Waals surface area contributed by atoms with Crippen molar-refractivity contribution in [3.8, 4) is 0 Å². The highest BCUT2D eigenvalue weighted by Gasteiger charge is 2.30. The van der Waals surface area contributed by atoms with Gasteiger partial charge in [0.2, 0.25) is 0 Å². The molecule has 3 heterocycles. The molecule has 108 valence electrons. The summed E-state index contributed by atoms with van der Waals surface area (Å²) < 4.78 is 2.22. The first-order valence-electron chi connectivity index (χ1n) is 7.64. The number of hydrogen-bond donors (Lipinski definition) is 1. The zero-order chi connectivity index (χ0) is 14.1. The Kier molecular flexibility index (Phi) is 3.66. The molecule has 1 N–H and O–H groups in total. The normalized spacial score (nSPS) is 22.9. The van der Waals surface area contributed by atoms with Crippen LogP contribution in [0.2, 0.25) is 0 Å². The molecule has 0 saturated carbocycles. The van der Waals surface area contributed by atoms with Crippen LogP contribution in [0.4, 0.5) is 5.82 Å². The zero-order valence-electron chi connectivity index (χ0n) is 12.6. The Morgan fingerprint density at radius 3 is 2.90 bits per heavy atom. The first-order chi connectivity index (χ1) is 9.70. The molecule has 0 bridgehead atoms. The highest BCUT2D eigenvalue weighted by atomic mass is 15.3. The average molecular weight is 272 g/mol. The molecule has 0 amide bonds. The summed E-state index contributed by atoms with van der Waals surface area (Å²) in [6.45, 7) is 9.74. The number of rotatable bonds is 4. The van der Waals surface area contributed by atoms with Crippen LogP contribution < -0.4 is 10.2 Å². The van der Waals surface area contributed by atoms with E-state index in [-0.39, 0.29) is 0 Å². The molecule has 0 spiro atoms. The Balaban J connectivity index is 2.04. The van der Waals surface area contributed by atoms with Gasteiger partial charge in [0, 0.05) is 25.3 Å². The second-order valence-electron chi connectivity index (χ2n) is 5.93. The lowest BCUT2D eigenvalue weighted by Crippen LogP contribution is -2.29. The molecule has 0 aliphatic carbocycles. The number of pyridine rings is 1. The van der Waals surface area contributed by atoms with Gasteiger partial charge in [-0.25, -0.2) is 4.98 Å². The van der Waals surface area contributed by atoms with Gasteiger partial charge in [-0.3, -0.25) is 0 Å². The zero-order valence-corrected chi connectivity index (χ0v) is 12.6. The number of nitrogens with zero attached hydrogens (tertiary/aromatic N) is 3. The first-order valence-corrected chi connectivity index (χ1v) is 7.64. The molecular formula is C16H24N4. The quantitative estimate of drug-likeness (QED) is 0.929. The van der Waals surface area contributed by atoms with Gasteiger partial charge in [0.05, 0.1) is 5.69 Å². The molecule has 20 heavy (non-hydrogen) atoms. The molecule has 2 atom stereocenters. The monoisotopic (exact) mass is 272 g/mol. The Bertz CT molecular complexity index is 589. The second kappa shape index (κ2) is 5.44. The third kappa shape index (κ3) is 2.29. The minimum absolute atomic E-state index is 0.579. The summed E-state index contributed by atoms with van der Waals surface area (Å²) in [5.74, 6) is 1.91. The fourth-order valence-corrected chi connectivity index (χ4v) is 3.27. The van der Waals surface area contributed by atoms with Gasteiger partial charge < -0.3 is 14.6 Å². The third-order valence-electron chi connectivity index (χ3n) is 4.21. The van der Waals surface area contributed by atoms with E-state index < -0.39 is 0 Å². The van der Waals surface area contributed by atoms with Crippen molar-refractivity contribution in [2.24, 2.45) is 5.92 Å². The molecule has 4 heteroatoms. The molecule has 0 radical (unpaired) electrons. The van der Waals surface area contributed by atoms with Crippen LogP contribution >= 0.6 is 0 Å². The van der Waals surface area contributed by atoms with Gasteiger partial charge in [-0.1, -0.05) is 19.9 Å². The van der Waals surface area contributed by atoms with Crippen LogP contribution in [0.1, 0.15) is 32.9 Å². The van der Waals surface area contributed by atoms with Crippen molar-refractivity contribution in [3.63, 3.8) is 0 Å². The number of hydrogen-bond acceptors (Lipinski definition) is 3. The van der Waals surface area contributed by atoms with Crippen LogP contribution in [0, 0.1) is 5.92 Å². The van der Waals surface area contributed by atoms with Crippen molar-refractivity contribution in [2.75, 3.05) is 18.0 Å². The summed E-state index contributed by atoms with van der Waals surface area (Å²) >= 11 is 0. The lowest BCUT2D eigenvalue weighted by atomic mass is 10.1. The number of anilines is 1. The predicted molar refractivity (Wildman–Crippen MR) is 83.2 cm³/mol. The molecule has 1 aliphatic heterocycles. The minimum Gasteiger partial charge on any atom is -0.352 e. The van der Waals surface area contributed by atoms with Crippen LogP contribution in [0.5, 0.6) is 0 Å². The second-order valence-corrected chi connectivity index (χ2v) is 5.93. The Hall–Kier alpha value is -1.55. The average Bonchev–Trinajstić information content (AvgIpc) is 2.96. The smallest absolute Gasteiger partial charge is 0.152 e. The first kappa shape index (κ1) is 13.4. The summed E-state index contributed by atoms with van der Waals surface area (Å²) in [6.07, 6.45) is 3.37. The molecule has 2 unspecified atom stereocenters. The molecule has 1 aliphatic rings. The number of imidazole rings is 1. The maximum atomic E-state index is 4.88. The van der Waals surface area contributed by atoms with Gasteiger partial charge in [0.1, 0.15) is 5.65 Å². The number of fused-ring (bicyclic) bond motifs is 1. The van der Waals surface area contributed by atoms with E-state index in [9.17, 15) is 0 Å². The summed E-state index contributed by atoms with van der Waals surface area (Å²) in [6, 6.07) is 6.79. The van der Waals surface area contributed by atoms with Crippen LogP contribution in [0.15, 0.2) is 24.4 Å². The summed E-state index contributed by atoms with van der Waals surface area (Å²) in [5.41, 5.74) is 2.32. The van der Waals surface area contributed by atoms with E-state index >= 15 is 0 Å². The SMILES string of the molecule is CCNCc1c(N2CC(C)CC2C)nc2ccccn12. The van der Waals surface area contributed by atoms with Gasteiger partial charge in [0.15, 0.2) is 5.82 Å². The maximum Gasteiger partial charge on any atom is 0.152 e. The van der Waals surface area contributed by atoms with E-state index in [0.29, 0.717) is 6.04 Å². The highest BCUT2D eigenvalue weighted by Crippen LogP contribution is 2.31. The van der Waals surface area contributed by atoms with Gasteiger partial charge >= 0.3 is 0 Å². The Morgan fingerprint density at radius 2 is 2.20 bits per heavy atom. The molecule has 3 rings (SSSR count). The highest BCUT2D eigenvalue weighted by molar-refractivity contribution is 5.57. The van der Waals surface area contributed by atoms with E-state index in [1.54, 1.807) is 0 Å². The maximum absolute atomic E-state index is 4.88. The van der Waals surface area contributed by atoms with E-state index in [2.05, 4.69) is 59.8 Å². The third-order valence-corrected chi connectivity index (χ3v) is 4.21. The van der Waals surface area contributed by atoms with Crippen molar-refractivity contribution in [3.05, 3.63) is 30.1 Å². The topological polar surface area (TPSA) is 32.6 Å². The van der Waals surface area contributed by atoms with Crippen LogP contribution in [-0.4, -0.2) is 28.5 Å². The van der Waals surface area contributed by atoms with Crippen molar-refractivity contribution in [1.29, 1.82) is 0 Å². The lowest BCUT2D eigenvalue weighted by molar-refractivity contribution is 0.624. The Labute approximate surface area is 120 Å². The molecule has 2 aromatic heterocycles. The molecule has 2 aromatic rings. The van der Waals surface area contributed by atoms with Crippen molar-refractivity contribution >= 4 is 11.5 Å². The molecule has 1 fully saturated rings. The standard InChI is InChI=1S/C16H24N4/c1-4-17-10-14-16(20-11-12(2)9-13(20)3)18-15-7-5-6-8-19(14)15/h5-8,12-13,17H,4,9-11H2,1-3H3. The Morgan fingerprint density at radius 1 is 1.35 bits per heavy atom. The van der Waals surface area contributed by atoms with E-state index in [1.165, 1.54) is 12.1 Å². The van der Waals surface area contributed by atoms with Gasteiger partial charge in [-0.2, -0.15) is 0 Å². The van der Waals surface area contributed by atoms with Crippen LogP contribution in [0.3, 0.4) is 0 Å². The van der Waals surface area contributed by atoms with Crippen LogP contribution in [0.25, 0.3) is 5.65 Å². The summed E-state index contributed by atoms with van der Waals surface area (Å²) in [5, 5.41) is 3.45. The van der Waals surface area contributed by atoms with E-state index in [4.69, 9.17) is 4.98 Å². The molecule has 0 aromatic carbocycles. The number of aromatic nitrogens is 2. The largest absolute Gasteiger partial charge is 0.352 e. The van der Waals surface area contributed by atoms with Crippen molar-refractivity contribution in [2.45, 2.75) is 39.8 Å². The van der Waals surface area contributed by atoms with E-state index in [0.717, 1.165) is 37.0 Å². The minimum atomic E-state index is 0.579. The van der Waals surface area contributed by atoms with Crippen LogP contribution in [-0.2, 0) is 6.54 Å². The fraction of sp³-hybridized carbons (Fsp3) is 0.562. The lowest BCUT2D eigenvalue weighted by Gasteiger charge is -2.22. The summed E-state index contributed by atoms with van der Waals surface area (Å²) in [4.78, 5) is 7.36.